The van der Waals surface area contributed by atoms with E-state index in [0.717, 1.165) is 34.1 Å². The Morgan fingerprint density at radius 3 is 2.96 bits per heavy atom. The maximum atomic E-state index is 12.2. The van der Waals surface area contributed by atoms with Crippen LogP contribution in [-0.4, -0.2) is 20.7 Å². The van der Waals surface area contributed by atoms with Crippen molar-refractivity contribution in [2.75, 3.05) is 5.32 Å². The summed E-state index contributed by atoms with van der Waals surface area (Å²) in [5.74, 6) is 1.42. The summed E-state index contributed by atoms with van der Waals surface area (Å²) in [6.07, 6.45) is 5.74. The molecule has 0 saturated carbocycles. The molecule has 0 unspecified atom stereocenters. The van der Waals surface area contributed by atoms with E-state index in [2.05, 4.69) is 15.4 Å². The molecule has 0 aliphatic carbocycles. The van der Waals surface area contributed by atoms with Gasteiger partial charge in [0, 0.05) is 31.1 Å². The molecule has 6 heteroatoms. The fraction of sp³-hybridized carbons (Fsp3) is 0.211. The molecule has 3 aromatic heterocycles. The van der Waals surface area contributed by atoms with Crippen LogP contribution in [0, 0.1) is 0 Å². The maximum absolute atomic E-state index is 12.2. The minimum atomic E-state index is -0.0699. The summed E-state index contributed by atoms with van der Waals surface area (Å²) in [6.45, 7) is 2.02. The van der Waals surface area contributed by atoms with Crippen molar-refractivity contribution >= 4 is 17.8 Å². The molecule has 0 aromatic carbocycles. The molecule has 1 atom stereocenters. The van der Waals surface area contributed by atoms with Crippen LogP contribution in [-0.2, 0) is 11.8 Å². The van der Waals surface area contributed by atoms with E-state index in [4.69, 9.17) is 4.42 Å². The highest BCUT2D eigenvalue weighted by molar-refractivity contribution is 5.96. The molecule has 0 radical (unpaired) electrons. The number of hydrogen-bond acceptors (Lipinski definition) is 4. The summed E-state index contributed by atoms with van der Waals surface area (Å²) < 4.78 is 7.13. The summed E-state index contributed by atoms with van der Waals surface area (Å²) in [6, 6.07) is 9.49. The predicted octanol–water partition coefficient (Wildman–Crippen LogP) is 3.60. The Hall–Kier alpha value is -3.15. The number of anilines is 1. The van der Waals surface area contributed by atoms with Crippen molar-refractivity contribution < 1.29 is 9.21 Å². The summed E-state index contributed by atoms with van der Waals surface area (Å²) in [7, 11) is 1.83. The second kappa shape index (κ2) is 6.05. The van der Waals surface area contributed by atoms with Crippen molar-refractivity contribution in [3.05, 3.63) is 59.7 Å². The van der Waals surface area contributed by atoms with Crippen LogP contribution in [0.25, 0.3) is 17.5 Å². The molecule has 3 aromatic rings. The summed E-state index contributed by atoms with van der Waals surface area (Å²) in [5.41, 5.74) is 3.65. The van der Waals surface area contributed by atoms with Crippen molar-refractivity contribution in [1.29, 1.82) is 0 Å². The second-order valence-electron chi connectivity index (χ2n) is 6.16. The maximum Gasteiger partial charge on any atom is 0.226 e. The normalized spacial score (nSPS) is 17.3. The zero-order chi connectivity index (χ0) is 17.4. The number of pyridine rings is 1. The monoisotopic (exact) mass is 334 g/mol. The van der Waals surface area contributed by atoms with Gasteiger partial charge in [0.15, 0.2) is 0 Å². The van der Waals surface area contributed by atoms with E-state index < -0.39 is 0 Å². The molecule has 0 saturated heterocycles. The topological polar surface area (TPSA) is 73.0 Å². The predicted molar refractivity (Wildman–Crippen MR) is 94.8 cm³/mol. The van der Waals surface area contributed by atoms with Gasteiger partial charge in [0.05, 0.1) is 12.0 Å². The number of hydrogen-bond donors (Lipinski definition) is 1. The lowest BCUT2D eigenvalue weighted by Gasteiger charge is -2.24. The Morgan fingerprint density at radius 2 is 2.24 bits per heavy atom. The van der Waals surface area contributed by atoms with Gasteiger partial charge in [-0.15, -0.1) is 0 Å². The molecule has 1 amide bonds. The van der Waals surface area contributed by atoms with Gasteiger partial charge in [-0.3, -0.25) is 14.5 Å². The molecule has 4 rings (SSSR count). The van der Waals surface area contributed by atoms with Crippen LogP contribution in [0.2, 0.25) is 0 Å². The van der Waals surface area contributed by atoms with Gasteiger partial charge in [0.1, 0.15) is 17.3 Å². The van der Waals surface area contributed by atoms with Gasteiger partial charge in [-0.05, 0) is 37.3 Å². The van der Waals surface area contributed by atoms with E-state index in [1.54, 1.807) is 17.1 Å². The number of nitrogens with zero attached hydrogens (tertiary/aromatic N) is 3. The number of rotatable bonds is 3. The van der Waals surface area contributed by atoms with Crippen molar-refractivity contribution in [3.63, 3.8) is 0 Å². The first kappa shape index (κ1) is 15.4. The van der Waals surface area contributed by atoms with Crippen LogP contribution in [0.3, 0.4) is 0 Å². The average Bonchev–Trinajstić information content (AvgIpc) is 3.23. The lowest BCUT2D eigenvalue weighted by molar-refractivity contribution is -0.116. The number of fused-ring (bicyclic) bond motifs is 1. The quantitative estimate of drug-likeness (QED) is 0.794. The third-order valence-electron chi connectivity index (χ3n) is 4.45. The van der Waals surface area contributed by atoms with Crippen molar-refractivity contribution in [1.82, 2.24) is 14.8 Å². The molecule has 0 fully saturated rings. The third-order valence-corrected chi connectivity index (χ3v) is 4.45. The molecule has 0 spiro atoms. The van der Waals surface area contributed by atoms with Gasteiger partial charge in [-0.25, -0.2) is 0 Å². The van der Waals surface area contributed by atoms with E-state index in [9.17, 15) is 4.79 Å². The fourth-order valence-corrected chi connectivity index (χ4v) is 3.27. The Kier molecular flexibility index (Phi) is 3.72. The Bertz CT molecular complexity index is 939. The highest BCUT2D eigenvalue weighted by Gasteiger charge is 2.33. The molecule has 1 aliphatic heterocycles. The molecule has 25 heavy (non-hydrogen) atoms. The van der Waals surface area contributed by atoms with Crippen LogP contribution in [0.4, 0.5) is 5.82 Å². The fourth-order valence-electron chi connectivity index (χ4n) is 3.27. The number of allylic oxidation sites excluding steroid dienone is 1. The van der Waals surface area contributed by atoms with Crippen molar-refractivity contribution in [3.8, 4) is 11.4 Å². The smallest absolute Gasteiger partial charge is 0.226 e. The van der Waals surface area contributed by atoms with Crippen LogP contribution in [0.1, 0.15) is 30.6 Å². The van der Waals surface area contributed by atoms with Gasteiger partial charge in [-0.2, -0.15) is 5.10 Å². The van der Waals surface area contributed by atoms with Crippen LogP contribution in [0.15, 0.2) is 52.8 Å². The van der Waals surface area contributed by atoms with Gasteiger partial charge in [0.2, 0.25) is 5.91 Å². The lowest BCUT2D eigenvalue weighted by atomic mass is 9.85. The molecule has 126 valence electrons. The number of aryl methyl sites for hydroxylation is 1. The van der Waals surface area contributed by atoms with Crippen LogP contribution >= 0.6 is 0 Å². The number of aromatic nitrogens is 3. The molecule has 6 nitrogen and oxygen atoms in total. The highest BCUT2D eigenvalue weighted by atomic mass is 16.3. The third kappa shape index (κ3) is 2.76. The first-order valence-corrected chi connectivity index (χ1v) is 8.13. The average molecular weight is 334 g/mol. The Balaban J connectivity index is 1.86. The number of carbonyl (C=O) groups excluding carboxylic acids is 1. The summed E-state index contributed by atoms with van der Waals surface area (Å²) in [5, 5.41) is 7.56. The summed E-state index contributed by atoms with van der Waals surface area (Å²) >= 11 is 0. The largest absolute Gasteiger partial charge is 0.465 e. The molecule has 1 aliphatic rings. The van der Waals surface area contributed by atoms with Crippen molar-refractivity contribution in [2.24, 2.45) is 7.05 Å². The number of furan rings is 1. The Morgan fingerprint density at radius 1 is 1.36 bits per heavy atom. The van der Waals surface area contributed by atoms with E-state index in [-0.39, 0.29) is 11.8 Å². The Labute approximate surface area is 145 Å². The van der Waals surface area contributed by atoms with Gasteiger partial charge in [0.25, 0.3) is 0 Å². The number of nitrogens with one attached hydrogen (secondary N) is 1. The number of amides is 1. The van der Waals surface area contributed by atoms with E-state index in [1.165, 1.54) is 0 Å². The minimum Gasteiger partial charge on any atom is -0.465 e. The second-order valence-corrected chi connectivity index (χ2v) is 6.16. The molecular formula is C19H18N4O2. The summed E-state index contributed by atoms with van der Waals surface area (Å²) in [4.78, 5) is 16.7. The zero-order valence-electron chi connectivity index (χ0n) is 14.1. The standard InChI is InChI=1S/C19H18N4O2/c1-12(10-13-6-5-9-25-13)14-11-16(24)21-19-17(14)18(22-23(19)2)15-7-3-4-8-20-15/h3-10,14H,11H2,1-2H3,(H,21,24)/b12-10+/t14-/m1/s1. The molecular weight excluding hydrogens is 316 g/mol. The minimum absolute atomic E-state index is 0.0136. The first-order chi connectivity index (χ1) is 12.1. The molecule has 1 N–H and O–H groups in total. The molecule has 0 bridgehead atoms. The molecule has 4 heterocycles. The van der Waals surface area contributed by atoms with Crippen LogP contribution < -0.4 is 5.32 Å². The van der Waals surface area contributed by atoms with Gasteiger partial charge < -0.3 is 9.73 Å². The zero-order valence-corrected chi connectivity index (χ0v) is 14.1. The highest BCUT2D eigenvalue weighted by Crippen LogP contribution is 2.42. The SMILES string of the molecule is C/C(=C\c1ccco1)[C@H]1CC(=O)Nc2c1c(-c1ccccn1)nn2C. The van der Waals surface area contributed by atoms with Gasteiger partial charge >= 0.3 is 0 Å². The lowest BCUT2D eigenvalue weighted by Crippen LogP contribution is -2.24. The van der Waals surface area contributed by atoms with Crippen molar-refractivity contribution in [2.45, 2.75) is 19.3 Å². The van der Waals surface area contributed by atoms with E-state index >= 15 is 0 Å². The van der Waals surface area contributed by atoms with E-state index in [0.29, 0.717) is 6.42 Å². The van der Waals surface area contributed by atoms with Crippen LogP contribution in [0.5, 0.6) is 0 Å². The number of carbonyl (C=O) groups is 1. The van der Waals surface area contributed by atoms with E-state index in [1.807, 2.05) is 50.4 Å². The first-order valence-electron chi connectivity index (χ1n) is 8.13. The van der Waals surface area contributed by atoms with Gasteiger partial charge in [-0.1, -0.05) is 11.6 Å².